The normalized spacial score (nSPS) is 10.6. The van der Waals surface area contributed by atoms with Crippen LogP contribution in [0.3, 0.4) is 0 Å². The number of carbonyl (C=O) groups is 2. The second-order valence-electron chi connectivity index (χ2n) is 8.25. The smallest absolute Gasteiger partial charge is 0.407 e. The number of ether oxygens (including phenoxy) is 2. The van der Waals surface area contributed by atoms with E-state index in [1.54, 1.807) is 45.0 Å². The molecule has 2 aromatic rings. The number of aromatic nitrogens is 2. The van der Waals surface area contributed by atoms with Gasteiger partial charge in [-0.25, -0.2) is 4.79 Å². The van der Waals surface area contributed by atoms with Crippen LogP contribution in [-0.4, -0.2) is 34.1 Å². The van der Waals surface area contributed by atoms with Gasteiger partial charge in [-0.1, -0.05) is 29.4 Å². The maximum Gasteiger partial charge on any atom is 0.407 e. The number of rotatable bonds is 11. The molecule has 0 unspecified atom stereocenters. The lowest BCUT2D eigenvalue weighted by Crippen LogP contribution is -2.33. The SMILES string of the molecule is CC(C)(C)OC(=O)NCCCC(=O)Nc1nc(N)nc(OCc2ccc(CN=[N+]=[N-])cc2)c1N=O. The van der Waals surface area contributed by atoms with Crippen LogP contribution in [0.1, 0.15) is 44.7 Å². The van der Waals surface area contributed by atoms with E-state index in [2.05, 4.69) is 35.8 Å². The molecule has 14 nitrogen and oxygen atoms in total. The Balaban J connectivity index is 1.95. The van der Waals surface area contributed by atoms with Crippen molar-refractivity contribution < 1.29 is 19.1 Å². The molecule has 1 aromatic carbocycles. The third-order valence-corrected chi connectivity index (χ3v) is 4.18. The van der Waals surface area contributed by atoms with Crippen molar-refractivity contribution >= 4 is 29.5 Å². The van der Waals surface area contributed by atoms with Crippen LogP contribution in [0.5, 0.6) is 5.88 Å². The summed E-state index contributed by atoms with van der Waals surface area (Å²) in [5.41, 5.74) is 14.7. The van der Waals surface area contributed by atoms with Crippen molar-refractivity contribution in [2.45, 2.75) is 52.4 Å². The van der Waals surface area contributed by atoms with Crippen molar-refractivity contribution in [1.82, 2.24) is 15.3 Å². The summed E-state index contributed by atoms with van der Waals surface area (Å²) in [4.78, 5) is 45.8. The molecular formula is C21H27N9O5. The molecule has 1 aromatic heterocycles. The Kier molecular flexibility index (Phi) is 9.72. The van der Waals surface area contributed by atoms with Crippen molar-refractivity contribution in [3.05, 3.63) is 50.7 Å². The maximum absolute atomic E-state index is 12.3. The molecule has 0 bridgehead atoms. The second-order valence-corrected chi connectivity index (χ2v) is 8.25. The summed E-state index contributed by atoms with van der Waals surface area (Å²) in [5, 5.41) is 11.4. The minimum absolute atomic E-state index is 0.0242. The summed E-state index contributed by atoms with van der Waals surface area (Å²) < 4.78 is 10.7. The van der Waals surface area contributed by atoms with Crippen molar-refractivity contribution in [2.24, 2.45) is 10.3 Å². The molecule has 0 radical (unpaired) electrons. The Hall–Kier alpha value is -4.45. The minimum atomic E-state index is -0.622. The molecule has 186 valence electrons. The molecule has 0 atom stereocenters. The zero-order valence-corrected chi connectivity index (χ0v) is 19.6. The topological polar surface area (TPSA) is 207 Å². The van der Waals surface area contributed by atoms with Crippen LogP contribution in [0.15, 0.2) is 34.6 Å². The fourth-order valence-corrected chi connectivity index (χ4v) is 2.67. The van der Waals surface area contributed by atoms with E-state index in [4.69, 9.17) is 20.7 Å². The third-order valence-electron chi connectivity index (χ3n) is 4.18. The number of alkyl carbamates (subject to hydrolysis) is 1. The predicted octanol–water partition coefficient (Wildman–Crippen LogP) is 4.09. The number of nitrogen functional groups attached to an aromatic ring is 1. The first-order valence-corrected chi connectivity index (χ1v) is 10.6. The van der Waals surface area contributed by atoms with Crippen LogP contribution in [-0.2, 0) is 22.7 Å². The highest BCUT2D eigenvalue weighted by molar-refractivity contribution is 5.93. The monoisotopic (exact) mass is 485 g/mol. The zero-order valence-electron chi connectivity index (χ0n) is 19.6. The van der Waals surface area contributed by atoms with E-state index in [0.717, 1.165) is 11.1 Å². The van der Waals surface area contributed by atoms with Gasteiger partial charge < -0.3 is 25.8 Å². The Bertz CT molecular complexity index is 1090. The van der Waals surface area contributed by atoms with Crippen molar-refractivity contribution in [3.63, 3.8) is 0 Å². The largest absolute Gasteiger partial charge is 0.471 e. The average Bonchev–Trinajstić information content (AvgIpc) is 2.78. The molecule has 0 saturated carbocycles. The highest BCUT2D eigenvalue weighted by Gasteiger charge is 2.19. The first-order chi connectivity index (χ1) is 16.6. The zero-order chi connectivity index (χ0) is 25.8. The second kappa shape index (κ2) is 12.7. The van der Waals surface area contributed by atoms with Gasteiger partial charge in [-0.2, -0.15) is 9.97 Å². The number of nitrogens with two attached hydrogens (primary N) is 1. The summed E-state index contributed by atoms with van der Waals surface area (Å²) in [6.07, 6.45) is -0.244. The van der Waals surface area contributed by atoms with Crippen molar-refractivity contribution in [2.75, 3.05) is 17.6 Å². The van der Waals surface area contributed by atoms with Gasteiger partial charge in [-0.3, -0.25) is 4.79 Å². The third kappa shape index (κ3) is 9.52. The molecule has 0 fully saturated rings. The van der Waals surface area contributed by atoms with Crippen LogP contribution in [0, 0.1) is 4.91 Å². The number of azide groups is 1. The number of carbonyl (C=O) groups excluding carboxylic acids is 2. The van der Waals surface area contributed by atoms with Gasteiger partial charge in [0.15, 0.2) is 5.82 Å². The molecule has 0 aliphatic carbocycles. The fraction of sp³-hybridized carbons (Fsp3) is 0.429. The molecule has 1 heterocycles. The lowest BCUT2D eigenvalue weighted by Gasteiger charge is -2.19. The maximum atomic E-state index is 12.3. The van der Waals surface area contributed by atoms with Crippen LogP contribution < -0.4 is 21.1 Å². The van der Waals surface area contributed by atoms with Crippen LogP contribution in [0.2, 0.25) is 0 Å². The first-order valence-electron chi connectivity index (χ1n) is 10.6. The summed E-state index contributed by atoms with van der Waals surface area (Å²) >= 11 is 0. The van der Waals surface area contributed by atoms with Crippen molar-refractivity contribution in [1.29, 1.82) is 0 Å². The minimum Gasteiger partial charge on any atom is -0.471 e. The molecular weight excluding hydrogens is 458 g/mol. The van der Waals surface area contributed by atoms with Gasteiger partial charge in [0.2, 0.25) is 17.5 Å². The van der Waals surface area contributed by atoms with E-state index in [1.165, 1.54) is 0 Å². The Labute approximate surface area is 201 Å². The molecule has 0 spiro atoms. The lowest BCUT2D eigenvalue weighted by molar-refractivity contribution is -0.116. The number of benzene rings is 1. The van der Waals surface area contributed by atoms with Gasteiger partial charge in [0, 0.05) is 17.9 Å². The molecule has 14 heteroatoms. The summed E-state index contributed by atoms with van der Waals surface area (Å²) in [6.45, 7) is 5.70. The van der Waals surface area contributed by atoms with E-state index in [-0.39, 0.29) is 49.5 Å². The van der Waals surface area contributed by atoms with Gasteiger partial charge in [0.1, 0.15) is 12.2 Å². The number of amides is 2. The van der Waals surface area contributed by atoms with E-state index in [9.17, 15) is 14.5 Å². The molecule has 35 heavy (non-hydrogen) atoms. The van der Waals surface area contributed by atoms with Gasteiger partial charge >= 0.3 is 6.09 Å². The predicted molar refractivity (Wildman–Crippen MR) is 128 cm³/mol. The standard InChI is InChI=1S/C21H27N9O5/c1-21(2,3)35-20(32)24-10-4-5-15(31)26-17-16(29-33)18(28-19(22)27-17)34-12-14-8-6-13(7-9-14)11-25-30-23/h6-9H,4-5,10-12H2,1-3H3,(H,24,32)(H3,22,26,27,28,31). The van der Waals surface area contributed by atoms with E-state index < -0.39 is 17.6 Å². The van der Waals surface area contributed by atoms with Gasteiger partial charge in [-0.15, -0.1) is 4.91 Å². The Morgan fingerprint density at radius 2 is 1.86 bits per heavy atom. The van der Waals surface area contributed by atoms with E-state index in [1.807, 2.05) is 0 Å². The number of anilines is 2. The molecule has 2 rings (SSSR count). The number of hydrogen-bond donors (Lipinski definition) is 3. The Morgan fingerprint density at radius 1 is 1.17 bits per heavy atom. The van der Waals surface area contributed by atoms with E-state index >= 15 is 0 Å². The molecule has 2 amide bonds. The van der Waals surface area contributed by atoms with Gasteiger partial charge in [0.05, 0.1) is 6.54 Å². The highest BCUT2D eigenvalue weighted by atomic mass is 16.6. The average molecular weight is 486 g/mol. The quantitative estimate of drug-likeness (QED) is 0.138. The highest BCUT2D eigenvalue weighted by Crippen LogP contribution is 2.33. The number of nitroso groups, excluding NO2 is 1. The lowest BCUT2D eigenvalue weighted by atomic mass is 10.1. The Morgan fingerprint density at radius 3 is 2.49 bits per heavy atom. The molecule has 0 aliphatic rings. The summed E-state index contributed by atoms with van der Waals surface area (Å²) in [6, 6.07) is 7.05. The van der Waals surface area contributed by atoms with Crippen molar-refractivity contribution in [3.8, 4) is 5.88 Å². The fourth-order valence-electron chi connectivity index (χ4n) is 2.67. The molecule has 4 N–H and O–H groups in total. The number of nitrogens with zero attached hydrogens (tertiary/aromatic N) is 6. The molecule has 0 saturated heterocycles. The number of hydrogen-bond acceptors (Lipinski definition) is 10. The number of nitrogens with one attached hydrogen (secondary N) is 2. The van der Waals surface area contributed by atoms with Gasteiger partial charge in [-0.05, 0) is 49.0 Å². The van der Waals surface area contributed by atoms with Crippen LogP contribution in [0.4, 0.5) is 22.2 Å². The van der Waals surface area contributed by atoms with Crippen LogP contribution in [0.25, 0.3) is 10.4 Å². The van der Waals surface area contributed by atoms with E-state index in [0.29, 0.717) is 6.42 Å². The summed E-state index contributed by atoms with van der Waals surface area (Å²) in [5.74, 6) is -1.07. The van der Waals surface area contributed by atoms with Gasteiger partial charge in [0.25, 0.3) is 5.88 Å². The van der Waals surface area contributed by atoms with Crippen LogP contribution >= 0.6 is 0 Å². The molecule has 0 aliphatic heterocycles. The first kappa shape index (κ1) is 26.8. The summed E-state index contributed by atoms with van der Waals surface area (Å²) in [7, 11) is 0.